The minimum Gasteiger partial charge on any atom is -0.435 e. The van der Waals surface area contributed by atoms with Crippen molar-refractivity contribution in [3.05, 3.63) is 24.3 Å². The van der Waals surface area contributed by atoms with Gasteiger partial charge in [-0.2, -0.15) is 8.78 Å². The molecule has 0 saturated heterocycles. The summed E-state index contributed by atoms with van der Waals surface area (Å²) >= 11 is 0. The molecule has 0 heterocycles. The lowest BCUT2D eigenvalue weighted by molar-refractivity contribution is -0.0498. The molecule has 1 aromatic carbocycles. The highest BCUT2D eigenvalue weighted by Gasteiger charge is 2.47. The van der Waals surface area contributed by atoms with Crippen LogP contribution in [-0.4, -0.2) is 32.9 Å². The van der Waals surface area contributed by atoms with E-state index in [1.807, 2.05) is 0 Å². The second-order valence-corrected chi connectivity index (χ2v) is 8.20. The number of halogens is 2. The highest BCUT2D eigenvalue weighted by molar-refractivity contribution is 7.53. The fraction of sp³-hybridized carbons (Fsp3) is 0.625. The number of ether oxygens (including phenoxy) is 1. The first-order valence-electron chi connectivity index (χ1n) is 8.12. The molecule has 0 spiro atoms. The third kappa shape index (κ3) is 7.28. The first-order valence-corrected chi connectivity index (χ1v) is 9.74. The van der Waals surface area contributed by atoms with Crippen molar-refractivity contribution in [2.75, 3.05) is 5.32 Å². The molecule has 9 heteroatoms. The van der Waals surface area contributed by atoms with Crippen molar-refractivity contribution in [2.24, 2.45) is 0 Å². The molecule has 1 aliphatic carbocycles. The van der Waals surface area contributed by atoms with E-state index in [0.29, 0.717) is 18.5 Å². The summed E-state index contributed by atoms with van der Waals surface area (Å²) in [6.07, 6.45) is 3.03. The molecule has 0 aromatic heterocycles. The number of anilines is 1. The van der Waals surface area contributed by atoms with Crippen LogP contribution in [0.15, 0.2) is 24.3 Å². The zero-order valence-corrected chi connectivity index (χ0v) is 15.3. The van der Waals surface area contributed by atoms with Gasteiger partial charge in [-0.05, 0) is 51.0 Å². The Labute approximate surface area is 146 Å². The van der Waals surface area contributed by atoms with E-state index < -0.39 is 19.5 Å². The van der Waals surface area contributed by atoms with Crippen LogP contribution in [0.25, 0.3) is 0 Å². The van der Waals surface area contributed by atoms with Crippen molar-refractivity contribution in [1.29, 1.82) is 0 Å². The first kappa shape index (κ1) is 21.8. The zero-order chi connectivity index (χ0) is 19.1. The Morgan fingerprint density at radius 1 is 1.12 bits per heavy atom. The van der Waals surface area contributed by atoms with Gasteiger partial charge in [0.2, 0.25) is 0 Å². The topological polar surface area (TPSA) is 99.0 Å². The maximum Gasteiger partial charge on any atom is 0.387 e. The minimum absolute atomic E-state index is 0.00410. The van der Waals surface area contributed by atoms with E-state index in [4.69, 9.17) is 5.11 Å². The molecule has 1 aliphatic rings. The van der Waals surface area contributed by atoms with Gasteiger partial charge in [0.15, 0.2) is 0 Å². The molecule has 6 nitrogen and oxygen atoms in total. The molecule has 0 amide bonds. The van der Waals surface area contributed by atoms with Crippen molar-refractivity contribution in [3.63, 3.8) is 0 Å². The summed E-state index contributed by atoms with van der Waals surface area (Å²) in [5, 5.41) is 9.70. The quantitative estimate of drug-likeness (QED) is 0.577. The Morgan fingerprint density at radius 2 is 1.60 bits per heavy atom. The van der Waals surface area contributed by atoms with Crippen molar-refractivity contribution >= 4 is 13.3 Å². The van der Waals surface area contributed by atoms with Crippen LogP contribution in [0.5, 0.6) is 5.75 Å². The lowest BCUT2D eigenvalue weighted by atomic mass is 9.94. The number of alkyl halides is 2. The summed E-state index contributed by atoms with van der Waals surface area (Å²) < 4.78 is 40.2. The van der Waals surface area contributed by atoms with E-state index in [9.17, 15) is 23.1 Å². The van der Waals surface area contributed by atoms with E-state index in [2.05, 4.69) is 10.1 Å². The summed E-state index contributed by atoms with van der Waals surface area (Å²) in [5.74, 6) is 0.00410. The Morgan fingerprint density at radius 3 is 2.00 bits per heavy atom. The maximum absolute atomic E-state index is 12.1. The van der Waals surface area contributed by atoms with Gasteiger partial charge in [0.25, 0.3) is 0 Å². The SMILES string of the molecule is CC(C)O.O=P(O)(O)C1(Nc2ccc(OC(F)F)cc2)CCCCC1. The summed E-state index contributed by atoms with van der Waals surface area (Å²) in [6, 6.07) is 5.63. The van der Waals surface area contributed by atoms with Crippen molar-refractivity contribution < 1.29 is 33.0 Å². The third-order valence-corrected chi connectivity index (χ3v) is 5.37. The second kappa shape index (κ2) is 9.48. The number of aliphatic hydroxyl groups is 1. The largest absolute Gasteiger partial charge is 0.435 e. The average Bonchev–Trinajstić information content (AvgIpc) is 2.48. The van der Waals surface area contributed by atoms with Gasteiger partial charge < -0.3 is 24.9 Å². The molecular formula is C16H26F2NO5P. The molecular weight excluding hydrogens is 355 g/mol. The van der Waals surface area contributed by atoms with Crippen LogP contribution in [0.2, 0.25) is 0 Å². The molecule has 1 saturated carbocycles. The van der Waals surface area contributed by atoms with E-state index in [1.165, 1.54) is 24.3 Å². The van der Waals surface area contributed by atoms with Gasteiger partial charge in [0.1, 0.15) is 11.0 Å². The maximum atomic E-state index is 12.1. The van der Waals surface area contributed by atoms with Gasteiger partial charge in [-0.1, -0.05) is 19.3 Å². The van der Waals surface area contributed by atoms with Gasteiger partial charge >= 0.3 is 14.2 Å². The van der Waals surface area contributed by atoms with Crippen molar-refractivity contribution in [2.45, 2.75) is 63.9 Å². The van der Waals surface area contributed by atoms with Crippen molar-refractivity contribution in [3.8, 4) is 5.75 Å². The van der Waals surface area contributed by atoms with Crippen molar-refractivity contribution in [1.82, 2.24) is 0 Å². The number of benzene rings is 1. The molecule has 4 N–H and O–H groups in total. The first-order chi connectivity index (χ1) is 11.6. The molecule has 1 fully saturated rings. The molecule has 0 radical (unpaired) electrons. The predicted octanol–water partition coefficient (Wildman–Crippen LogP) is 3.93. The van der Waals surface area contributed by atoms with E-state index in [0.717, 1.165) is 19.3 Å². The van der Waals surface area contributed by atoms with Crippen LogP contribution in [0.1, 0.15) is 46.0 Å². The standard InChI is InChI=1S/C13H18F2NO4P.C3H8O/c14-12(15)20-11-6-4-10(5-7-11)16-13(21(17,18)19)8-2-1-3-9-13;1-3(2)4/h4-7,12,16H,1-3,8-9H2,(H2,17,18,19);3-4H,1-2H3. The molecule has 0 atom stereocenters. The van der Waals surface area contributed by atoms with Crippen LogP contribution in [0.3, 0.4) is 0 Å². The van der Waals surface area contributed by atoms with Gasteiger partial charge in [0, 0.05) is 11.8 Å². The normalized spacial score (nSPS) is 17.0. The molecule has 0 unspecified atom stereocenters. The van der Waals surface area contributed by atoms with Gasteiger partial charge in [-0.15, -0.1) is 0 Å². The van der Waals surface area contributed by atoms with Gasteiger partial charge in [-0.3, -0.25) is 4.57 Å². The number of nitrogens with one attached hydrogen (secondary N) is 1. The lowest BCUT2D eigenvalue weighted by Gasteiger charge is -2.39. The molecule has 2 rings (SSSR count). The highest BCUT2D eigenvalue weighted by atomic mass is 31.2. The van der Waals surface area contributed by atoms with Crippen LogP contribution < -0.4 is 10.1 Å². The summed E-state index contributed by atoms with van der Waals surface area (Å²) in [5.41, 5.74) is 0.474. The lowest BCUT2D eigenvalue weighted by Crippen LogP contribution is -2.39. The zero-order valence-electron chi connectivity index (χ0n) is 14.4. The Hall–Kier alpha value is -1.21. The fourth-order valence-corrected chi connectivity index (χ4v) is 3.79. The molecule has 0 bridgehead atoms. The molecule has 25 heavy (non-hydrogen) atoms. The van der Waals surface area contributed by atoms with Gasteiger partial charge in [-0.25, -0.2) is 0 Å². The van der Waals surface area contributed by atoms with E-state index >= 15 is 0 Å². The molecule has 144 valence electrons. The summed E-state index contributed by atoms with van der Waals surface area (Å²) in [4.78, 5) is 19.3. The Kier molecular flexibility index (Phi) is 8.28. The number of hydrogen-bond donors (Lipinski definition) is 4. The van der Waals surface area contributed by atoms with E-state index in [1.54, 1.807) is 13.8 Å². The molecule has 0 aliphatic heterocycles. The van der Waals surface area contributed by atoms with Crippen LogP contribution in [0, 0.1) is 0 Å². The van der Waals surface area contributed by atoms with Crippen LogP contribution in [0.4, 0.5) is 14.5 Å². The van der Waals surface area contributed by atoms with Gasteiger partial charge in [0.05, 0.1) is 0 Å². The second-order valence-electron chi connectivity index (χ2n) is 6.26. The number of aliphatic hydroxyl groups excluding tert-OH is 1. The average molecular weight is 381 g/mol. The fourth-order valence-electron chi connectivity index (χ4n) is 2.61. The van der Waals surface area contributed by atoms with E-state index in [-0.39, 0.29) is 11.9 Å². The summed E-state index contributed by atoms with van der Waals surface area (Å²) in [7, 11) is -4.33. The Balaban J connectivity index is 0.000000705. The highest BCUT2D eigenvalue weighted by Crippen LogP contribution is 2.57. The Bertz CT molecular complexity index is 553. The smallest absolute Gasteiger partial charge is 0.387 e. The predicted molar refractivity (Wildman–Crippen MR) is 91.9 cm³/mol. The van der Waals surface area contributed by atoms with Crippen LogP contribution >= 0.6 is 7.60 Å². The molecule has 1 aromatic rings. The number of rotatable bonds is 5. The monoisotopic (exact) mass is 381 g/mol. The summed E-state index contributed by atoms with van der Waals surface area (Å²) in [6.45, 7) is 0.545. The van der Waals surface area contributed by atoms with Crippen LogP contribution in [-0.2, 0) is 4.57 Å². The third-order valence-electron chi connectivity index (χ3n) is 3.69. The number of hydrogen-bond acceptors (Lipinski definition) is 4. The minimum atomic E-state index is -4.33.